The molecule has 2 aliphatic rings. The summed E-state index contributed by atoms with van der Waals surface area (Å²) in [6, 6.07) is 28.7. The van der Waals surface area contributed by atoms with Crippen LogP contribution in [0.1, 0.15) is 59.3 Å². The molecule has 2 aliphatic carbocycles. The van der Waals surface area contributed by atoms with Crippen LogP contribution in [-0.4, -0.2) is 0 Å². The molecule has 53 heavy (non-hydrogen) atoms. The van der Waals surface area contributed by atoms with E-state index in [9.17, 15) is 0 Å². The Morgan fingerprint density at radius 3 is 0.906 bits per heavy atom. The van der Waals surface area contributed by atoms with Gasteiger partial charge in [0.25, 0.3) is 0 Å². The molecule has 0 heteroatoms. The molecule has 0 bridgehead atoms. The quantitative estimate of drug-likeness (QED) is 0.177. The molecule has 0 heterocycles. The van der Waals surface area contributed by atoms with Crippen LogP contribution in [0.4, 0.5) is 0 Å². The van der Waals surface area contributed by atoms with Gasteiger partial charge in [-0.15, -0.1) is 6.58 Å². The van der Waals surface area contributed by atoms with E-state index in [1.807, 2.05) is 118 Å². The van der Waals surface area contributed by atoms with E-state index in [4.69, 9.17) is 0 Å². The Kier molecular flexibility index (Phi) is 56.8. The van der Waals surface area contributed by atoms with E-state index >= 15 is 0 Å². The molecule has 0 spiro atoms. The van der Waals surface area contributed by atoms with Gasteiger partial charge >= 0.3 is 0 Å². The molecule has 1 saturated carbocycles. The van der Waals surface area contributed by atoms with Crippen LogP contribution in [0.25, 0.3) is 10.8 Å². The van der Waals surface area contributed by atoms with Crippen LogP contribution in [0.2, 0.25) is 0 Å². The van der Waals surface area contributed by atoms with Crippen LogP contribution < -0.4 is 0 Å². The van der Waals surface area contributed by atoms with Gasteiger partial charge in [0, 0.05) is 0 Å². The van der Waals surface area contributed by atoms with Crippen LogP contribution in [0.3, 0.4) is 0 Å². The number of hydrogen-bond acceptors (Lipinski definition) is 0. The lowest BCUT2D eigenvalue weighted by Gasteiger charge is -1.92. The molecule has 0 radical (unpaired) electrons. The largest absolute Gasteiger partial charge is 0.103 e. The maximum atomic E-state index is 3.51. The zero-order valence-electron chi connectivity index (χ0n) is 33.4. The summed E-state index contributed by atoms with van der Waals surface area (Å²) in [5, 5.41) is 2.62. The summed E-state index contributed by atoms with van der Waals surface area (Å²) < 4.78 is 0. The summed E-state index contributed by atoms with van der Waals surface area (Å²) >= 11 is 0. The minimum Gasteiger partial charge on any atom is -0.103 e. The molecule has 282 valence electrons. The Hall–Kier alpha value is -5.72. The smallest absolute Gasteiger partial charge is 0.0163 e. The van der Waals surface area contributed by atoms with Crippen molar-refractivity contribution in [1.82, 2.24) is 0 Å². The SMILES string of the molecule is C1=CC=CCC=C1.C1CCCC1.C=CC.C=CC=C.C=CC=CC.C=CC=CC=C.C=CC=CC=CC.c1ccc2ccccc2c1.c1ccccc1. The zero-order chi connectivity index (χ0) is 40.1. The third-order valence-corrected chi connectivity index (χ3v) is 5.88. The first-order valence-corrected chi connectivity index (χ1v) is 18.3. The summed E-state index contributed by atoms with van der Waals surface area (Å²) in [7, 11) is 0. The fourth-order valence-electron chi connectivity index (χ4n) is 3.47. The van der Waals surface area contributed by atoms with Gasteiger partial charge in [-0.2, -0.15) is 0 Å². The second-order valence-electron chi connectivity index (χ2n) is 10.4. The van der Waals surface area contributed by atoms with Crippen molar-refractivity contribution in [3.8, 4) is 0 Å². The molecule has 0 N–H and O–H groups in total. The second kappa shape index (κ2) is 55.7. The van der Waals surface area contributed by atoms with Crippen LogP contribution in [0, 0.1) is 0 Å². The Morgan fingerprint density at radius 2 is 0.660 bits per heavy atom. The van der Waals surface area contributed by atoms with Gasteiger partial charge in [0.1, 0.15) is 0 Å². The monoisotopic (exact) mass is 707 g/mol. The van der Waals surface area contributed by atoms with Crippen LogP contribution >= 0.6 is 0 Å². The van der Waals surface area contributed by atoms with E-state index < -0.39 is 0 Å². The lowest BCUT2D eigenvalue weighted by atomic mass is 10.1. The van der Waals surface area contributed by atoms with Crippen LogP contribution in [0.15, 0.2) is 259 Å². The molecule has 0 nitrogen and oxygen atoms in total. The normalized spacial score (nSPS) is 11.2. The molecule has 0 amide bonds. The van der Waals surface area contributed by atoms with Crippen LogP contribution in [0.5, 0.6) is 0 Å². The summed E-state index contributed by atoms with van der Waals surface area (Å²) in [4.78, 5) is 0. The maximum Gasteiger partial charge on any atom is -0.0163 e. The highest BCUT2D eigenvalue weighted by molar-refractivity contribution is 5.82. The zero-order valence-corrected chi connectivity index (χ0v) is 33.4. The van der Waals surface area contributed by atoms with E-state index in [-0.39, 0.29) is 0 Å². The minimum absolute atomic E-state index is 1.08. The van der Waals surface area contributed by atoms with E-state index in [1.165, 1.54) is 42.9 Å². The van der Waals surface area contributed by atoms with Crippen molar-refractivity contribution in [3.05, 3.63) is 259 Å². The number of benzene rings is 3. The number of allylic oxidation sites excluding steroid dienone is 21. The van der Waals surface area contributed by atoms with Crippen molar-refractivity contribution in [3.63, 3.8) is 0 Å². The van der Waals surface area contributed by atoms with Gasteiger partial charge in [0.2, 0.25) is 0 Å². The number of rotatable bonds is 6. The predicted molar refractivity (Wildman–Crippen MR) is 250 cm³/mol. The summed E-state index contributed by atoms with van der Waals surface area (Å²) in [5.41, 5.74) is 0. The third-order valence-electron chi connectivity index (χ3n) is 5.88. The van der Waals surface area contributed by atoms with Gasteiger partial charge in [-0.1, -0.05) is 284 Å². The minimum atomic E-state index is 1.08. The molecule has 0 unspecified atom stereocenters. The van der Waals surface area contributed by atoms with Gasteiger partial charge in [-0.25, -0.2) is 0 Å². The number of hydrogen-bond donors (Lipinski definition) is 0. The van der Waals surface area contributed by atoms with Gasteiger partial charge < -0.3 is 0 Å². The molecule has 0 saturated heterocycles. The fraction of sp³-hybridized carbons (Fsp3) is 0.170. The first-order chi connectivity index (χ1) is 26.0. The molecular formula is C53H70. The van der Waals surface area contributed by atoms with Crippen molar-refractivity contribution in [1.29, 1.82) is 0 Å². The van der Waals surface area contributed by atoms with Crippen LogP contribution in [-0.2, 0) is 0 Å². The summed E-state index contributed by atoms with van der Waals surface area (Å²) in [6.45, 7) is 29.8. The lowest BCUT2D eigenvalue weighted by molar-refractivity contribution is 0.886. The van der Waals surface area contributed by atoms with E-state index in [0.717, 1.165) is 6.42 Å². The Labute approximate surface area is 327 Å². The molecule has 5 rings (SSSR count). The Morgan fingerprint density at radius 1 is 0.358 bits per heavy atom. The first-order valence-electron chi connectivity index (χ1n) is 18.3. The Balaban J connectivity index is -0.000000260. The first kappa shape index (κ1) is 54.1. The highest BCUT2D eigenvalue weighted by atomic mass is 14.0. The van der Waals surface area contributed by atoms with Crippen molar-refractivity contribution < 1.29 is 0 Å². The molecule has 0 aromatic heterocycles. The topological polar surface area (TPSA) is 0 Å². The van der Waals surface area contributed by atoms with E-state index in [1.54, 1.807) is 42.5 Å². The van der Waals surface area contributed by atoms with Gasteiger partial charge in [0.05, 0.1) is 0 Å². The second-order valence-corrected chi connectivity index (χ2v) is 10.4. The molecule has 3 aromatic carbocycles. The molecule has 3 aromatic rings. The standard InChI is InChI=1S/C10H8.C7H8.C7H10.C6H6.C6H8.C5H10.C5H8.C4H6.C3H6/c1-2-6-10-8-4-3-7-9(10)5-1;1-2-4-6-7-5-3-1;1-3-5-7-6-4-2;1-2-4-6-5-3-1;1-3-5-6-4-2;1-2-4-5-3-1;1-3-5-4-2;1-3-4-2;1-3-2/h1-8H;1-6H,7H2;3-7H,1H2,2H3;1-6H;3-6H,1-2H2;1-5H2;3-5H,1H2,2H3;3-4H,1-2H2;3H,1H2,2H3. The Bertz CT molecular complexity index is 1310. The van der Waals surface area contributed by atoms with E-state index in [0.29, 0.717) is 0 Å². The number of fused-ring (bicyclic) bond motifs is 1. The van der Waals surface area contributed by atoms with Crippen molar-refractivity contribution in [2.24, 2.45) is 0 Å². The third kappa shape index (κ3) is 55.9. The summed E-state index contributed by atoms with van der Waals surface area (Å²) in [5.74, 6) is 0. The van der Waals surface area contributed by atoms with Crippen molar-refractivity contribution in [2.45, 2.75) is 59.3 Å². The maximum absolute atomic E-state index is 3.51. The highest BCUT2D eigenvalue weighted by Crippen LogP contribution is 2.15. The van der Waals surface area contributed by atoms with Crippen molar-refractivity contribution in [2.75, 3.05) is 0 Å². The average Bonchev–Trinajstić information content (AvgIpc) is 3.67. The van der Waals surface area contributed by atoms with Crippen molar-refractivity contribution >= 4 is 10.8 Å². The molecule has 0 atom stereocenters. The van der Waals surface area contributed by atoms with E-state index in [2.05, 4.69) is 119 Å². The average molecular weight is 707 g/mol. The van der Waals surface area contributed by atoms with Gasteiger partial charge in [0.15, 0.2) is 0 Å². The lowest BCUT2D eigenvalue weighted by Crippen LogP contribution is -1.67. The highest BCUT2D eigenvalue weighted by Gasteiger charge is 1.95. The summed E-state index contributed by atoms with van der Waals surface area (Å²) in [6.07, 6.45) is 48.2. The van der Waals surface area contributed by atoms with Gasteiger partial charge in [-0.3, -0.25) is 0 Å². The molecule has 0 aliphatic heterocycles. The molecule has 1 fully saturated rings. The fourth-order valence-corrected chi connectivity index (χ4v) is 3.47. The predicted octanol–water partition coefficient (Wildman–Crippen LogP) is 17.1. The molecular weight excluding hydrogens is 637 g/mol. The van der Waals surface area contributed by atoms with Gasteiger partial charge in [-0.05, 0) is 38.0 Å².